The van der Waals surface area contributed by atoms with Gasteiger partial charge >= 0.3 is 20.1 Å². The summed E-state index contributed by atoms with van der Waals surface area (Å²) in [5.41, 5.74) is 15.2. The Morgan fingerprint density at radius 3 is 2.05 bits per heavy atom. The van der Waals surface area contributed by atoms with Crippen molar-refractivity contribution in [1.82, 2.24) is 4.98 Å². The van der Waals surface area contributed by atoms with E-state index in [9.17, 15) is 0 Å². The number of rotatable bonds is 8. The van der Waals surface area contributed by atoms with E-state index >= 15 is 0 Å². The molecule has 2 aromatic heterocycles. The van der Waals surface area contributed by atoms with E-state index in [1.165, 1.54) is 38.7 Å². The Balaban J connectivity index is 0.000000223. The molecule has 1 atom stereocenters. The Morgan fingerprint density at radius 2 is 1.39 bits per heavy atom. The zero-order chi connectivity index (χ0) is 43.1. The van der Waals surface area contributed by atoms with Crippen LogP contribution in [0.4, 0.5) is 17.1 Å². The van der Waals surface area contributed by atoms with E-state index in [1.807, 2.05) is 36.4 Å². The van der Waals surface area contributed by atoms with Crippen molar-refractivity contribution in [2.45, 2.75) is 92.5 Å². The molecule has 6 heteroatoms. The van der Waals surface area contributed by atoms with E-state index in [0.717, 1.165) is 56.6 Å². The van der Waals surface area contributed by atoms with E-state index in [-0.39, 0.29) is 31.7 Å². The van der Waals surface area contributed by atoms with E-state index in [4.69, 9.17) is 14.7 Å². The Kier molecular flexibility index (Phi) is 13.2. The van der Waals surface area contributed by atoms with Crippen molar-refractivity contribution in [3.8, 4) is 22.4 Å². The van der Waals surface area contributed by atoms with Crippen LogP contribution >= 0.6 is 0 Å². The molecule has 1 aliphatic rings. The van der Waals surface area contributed by atoms with Crippen LogP contribution in [0.15, 0.2) is 144 Å². The number of benzene rings is 6. The van der Waals surface area contributed by atoms with Gasteiger partial charge in [-0.1, -0.05) is 152 Å². The van der Waals surface area contributed by atoms with Crippen LogP contribution in [-0.2, 0) is 26.5 Å². The number of pyridine rings is 1. The monoisotopic (exact) mass is 1010 g/mol. The first-order chi connectivity index (χ1) is 29.2. The minimum Gasteiger partial charge on any atom is -0.661 e. The van der Waals surface area contributed by atoms with Gasteiger partial charge in [0.15, 0.2) is 0 Å². The Morgan fingerprint density at radius 1 is 0.726 bits per heavy atom. The average Bonchev–Trinajstić information content (AvgIpc) is 3.81. The van der Waals surface area contributed by atoms with E-state index in [2.05, 4.69) is 188 Å². The standard InChI is InChI=1S/C37H32N2O.C19H26NSi.Ir/c1-23(2)29-21-27(25-12-6-5-7-13-25)22-30(24(3)4)36(29)39-33-16-10-9-15-32(33)38-37(39)26-18-19-35-31(20-26)28-14-8-11-17-34(28)40-35;1-19(2,3)13-16-12-17(15-10-8-7-9-11-15)20-14-18(16)21(4,5)6;/h5-17,19-24,37H,1-4H3;7-10,12,14H,13H2,1-6H3;/q-2;-1;+3. The van der Waals surface area contributed by atoms with Crippen molar-refractivity contribution < 1.29 is 24.5 Å². The molecule has 0 N–H and O–H groups in total. The molecule has 8 aromatic rings. The molecule has 1 aliphatic heterocycles. The largest absolute Gasteiger partial charge is 3.00 e. The van der Waals surface area contributed by atoms with E-state index in [0.29, 0.717) is 11.8 Å². The fourth-order valence-corrected chi connectivity index (χ4v) is 10.2. The Labute approximate surface area is 384 Å². The molecule has 0 bridgehead atoms. The maximum atomic E-state index is 6.12. The molecule has 62 heavy (non-hydrogen) atoms. The number of furan rings is 1. The van der Waals surface area contributed by atoms with Gasteiger partial charge in [-0.05, 0) is 87.2 Å². The van der Waals surface area contributed by atoms with Gasteiger partial charge in [-0.3, -0.25) is 0 Å². The minimum absolute atomic E-state index is 0. The first-order valence-electron chi connectivity index (χ1n) is 21.8. The van der Waals surface area contributed by atoms with Crippen LogP contribution in [0.3, 0.4) is 0 Å². The van der Waals surface area contributed by atoms with Gasteiger partial charge in [0.05, 0.1) is 8.07 Å². The second kappa shape index (κ2) is 18.2. The molecule has 3 heterocycles. The number of nitrogens with zero attached hydrogens (tertiary/aromatic N) is 3. The van der Waals surface area contributed by atoms with Crippen molar-refractivity contribution in [2.24, 2.45) is 5.41 Å². The fraction of sp³-hybridized carbons (Fsp3) is 0.268. The normalized spacial score (nSPS) is 13.8. The van der Waals surface area contributed by atoms with Gasteiger partial charge in [0.1, 0.15) is 5.58 Å². The molecule has 0 spiro atoms. The van der Waals surface area contributed by atoms with Gasteiger partial charge < -0.3 is 19.6 Å². The first kappa shape index (κ1) is 44.8. The topological polar surface area (TPSA) is 43.4 Å². The Bertz CT molecular complexity index is 2770. The molecule has 316 valence electrons. The average molecular weight is 1010 g/mol. The van der Waals surface area contributed by atoms with Crippen molar-refractivity contribution in [2.75, 3.05) is 4.90 Å². The quantitative estimate of drug-likeness (QED) is 0.113. The summed E-state index contributed by atoms with van der Waals surface area (Å²) in [4.78, 5) is 7.16. The molecule has 0 saturated heterocycles. The molecule has 9 rings (SSSR count). The summed E-state index contributed by atoms with van der Waals surface area (Å²) < 4.78 is 6.12. The van der Waals surface area contributed by atoms with Crippen molar-refractivity contribution in [1.29, 1.82) is 0 Å². The summed E-state index contributed by atoms with van der Waals surface area (Å²) in [7, 11) is -1.37. The van der Waals surface area contributed by atoms with Crippen molar-refractivity contribution in [3.05, 3.63) is 179 Å². The summed E-state index contributed by atoms with van der Waals surface area (Å²) in [6, 6.07) is 53.6. The predicted octanol–water partition coefficient (Wildman–Crippen LogP) is 15.8. The van der Waals surface area contributed by atoms with Gasteiger partial charge in [-0.2, -0.15) is 17.7 Å². The molecular formula is C56H58IrN3OSi. The van der Waals surface area contributed by atoms with Crippen LogP contribution in [0, 0.1) is 17.5 Å². The van der Waals surface area contributed by atoms with Crippen LogP contribution in [0.2, 0.25) is 19.6 Å². The smallest absolute Gasteiger partial charge is 0.661 e. The zero-order valence-corrected chi connectivity index (χ0v) is 41.2. The van der Waals surface area contributed by atoms with Crippen LogP contribution in [0.25, 0.3) is 49.6 Å². The van der Waals surface area contributed by atoms with Gasteiger partial charge in [0, 0.05) is 28.5 Å². The number of aromatic nitrogens is 1. The fourth-order valence-electron chi connectivity index (χ4n) is 8.61. The summed E-state index contributed by atoms with van der Waals surface area (Å²) in [5, 5.41) is 9.00. The molecule has 6 aromatic carbocycles. The third-order valence-corrected chi connectivity index (χ3v) is 13.6. The molecule has 0 saturated carbocycles. The maximum absolute atomic E-state index is 6.12. The van der Waals surface area contributed by atoms with Gasteiger partial charge in [-0.15, -0.1) is 47.6 Å². The molecule has 1 unspecified atom stereocenters. The molecule has 0 radical (unpaired) electrons. The van der Waals surface area contributed by atoms with Gasteiger partial charge in [-0.25, -0.2) is 0 Å². The van der Waals surface area contributed by atoms with Gasteiger partial charge in [0.25, 0.3) is 0 Å². The molecule has 0 amide bonds. The summed E-state index contributed by atoms with van der Waals surface area (Å²) in [6.45, 7) is 23.3. The summed E-state index contributed by atoms with van der Waals surface area (Å²) in [6.07, 6.45) is 2.98. The number of hydrogen-bond donors (Lipinski definition) is 0. The Hall–Kier alpha value is -5.26. The second-order valence-corrected chi connectivity index (χ2v) is 24.3. The van der Waals surface area contributed by atoms with Crippen LogP contribution in [0.5, 0.6) is 0 Å². The molecule has 4 nitrogen and oxygen atoms in total. The summed E-state index contributed by atoms with van der Waals surface area (Å²) in [5.74, 6) is 0.655. The van der Waals surface area contributed by atoms with Crippen LogP contribution < -0.4 is 10.1 Å². The second-order valence-electron chi connectivity index (χ2n) is 19.3. The third-order valence-electron chi connectivity index (χ3n) is 11.5. The van der Waals surface area contributed by atoms with E-state index < -0.39 is 8.07 Å². The molecular weight excluding hydrogens is 951 g/mol. The van der Waals surface area contributed by atoms with Crippen LogP contribution in [0.1, 0.15) is 88.7 Å². The van der Waals surface area contributed by atoms with E-state index in [1.54, 1.807) is 0 Å². The number of para-hydroxylation sites is 3. The first-order valence-corrected chi connectivity index (χ1v) is 25.3. The third kappa shape index (κ3) is 9.39. The number of hydrogen-bond acceptors (Lipinski definition) is 3. The molecule has 0 fully saturated rings. The van der Waals surface area contributed by atoms with Gasteiger partial charge in [0.2, 0.25) is 0 Å². The SMILES string of the molecule is CC(C)(C)Cc1cc(-c2[c-]cccc2)ncc1[Si](C)(C)C.CC(C)c1cc(-c2ccccc2)cc(C(C)C)c1N1c2ccccc2[N-]C1c1[c-]cc2oc3ccccc3c2c1.[Ir+3]. The summed E-state index contributed by atoms with van der Waals surface area (Å²) >= 11 is 0. The zero-order valence-electron chi connectivity index (χ0n) is 37.8. The number of anilines is 2. The van der Waals surface area contributed by atoms with Crippen molar-refractivity contribution >= 4 is 52.3 Å². The predicted molar refractivity (Wildman–Crippen MR) is 262 cm³/mol. The maximum Gasteiger partial charge on any atom is 3.00 e. The van der Waals surface area contributed by atoms with Crippen molar-refractivity contribution in [3.63, 3.8) is 0 Å². The molecule has 0 aliphatic carbocycles. The minimum atomic E-state index is -1.37. The number of fused-ring (bicyclic) bond motifs is 4. The van der Waals surface area contributed by atoms with Crippen LogP contribution in [-0.4, -0.2) is 13.1 Å².